The van der Waals surface area contributed by atoms with E-state index in [0.29, 0.717) is 0 Å². The summed E-state index contributed by atoms with van der Waals surface area (Å²) in [6.07, 6.45) is 6.39. The molecule has 0 aliphatic carbocycles. The molecular formula is C10H18N2. The van der Waals surface area contributed by atoms with Crippen molar-refractivity contribution in [3.05, 3.63) is 11.9 Å². The van der Waals surface area contributed by atoms with Crippen LogP contribution in [0.25, 0.3) is 0 Å². The maximum Gasteiger partial charge on any atom is 0.0998 e. The van der Waals surface area contributed by atoms with Crippen LogP contribution in [-0.4, -0.2) is 36.0 Å². The van der Waals surface area contributed by atoms with Crippen molar-refractivity contribution in [2.75, 3.05) is 26.2 Å². The Morgan fingerprint density at radius 2 is 2.08 bits per heavy atom. The molecule has 2 nitrogen and oxygen atoms in total. The van der Waals surface area contributed by atoms with E-state index >= 15 is 0 Å². The molecular weight excluding hydrogens is 148 g/mol. The van der Waals surface area contributed by atoms with Crippen LogP contribution < -0.4 is 0 Å². The Hall–Kier alpha value is -0.660. The summed E-state index contributed by atoms with van der Waals surface area (Å²) in [6.45, 7) is 7.22. The lowest BCUT2D eigenvalue weighted by Crippen LogP contribution is -2.30. The normalized spacial score (nSPS) is 23.6. The lowest BCUT2D eigenvalue weighted by atomic mass is 10.3. The Balaban J connectivity index is 2.12. The molecule has 0 spiro atoms. The number of rotatable bonds is 1. The predicted octanol–water partition coefficient (Wildman–Crippen LogP) is 1.65. The van der Waals surface area contributed by atoms with Crippen molar-refractivity contribution in [3.8, 4) is 0 Å². The second kappa shape index (κ2) is 3.38. The molecule has 0 saturated carbocycles. The quantitative estimate of drug-likeness (QED) is 0.584. The van der Waals surface area contributed by atoms with Crippen molar-refractivity contribution in [2.45, 2.75) is 26.2 Å². The fourth-order valence-electron chi connectivity index (χ4n) is 2.19. The SMILES string of the molecule is CCN1CCCCN2CCC=C12. The van der Waals surface area contributed by atoms with Crippen LogP contribution >= 0.6 is 0 Å². The van der Waals surface area contributed by atoms with Gasteiger partial charge in [-0.2, -0.15) is 0 Å². The van der Waals surface area contributed by atoms with Gasteiger partial charge in [0.15, 0.2) is 0 Å². The minimum atomic E-state index is 1.17. The Morgan fingerprint density at radius 3 is 2.92 bits per heavy atom. The van der Waals surface area contributed by atoms with Gasteiger partial charge in [-0.25, -0.2) is 0 Å². The molecule has 0 aromatic heterocycles. The molecule has 2 rings (SSSR count). The monoisotopic (exact) mass is 166 g/mol. The third-order valence-electron chi connectivity index (χ3n) is 2.86. The zero-order valence-corrected chi connectivity index (χ0v) is 7.92. The molecule has 2 heterocycles. The number of fused-ring (bicyclic) bond motifs is 1. The highest BCUT2D eigenvalue weighted by atomic mass is 15.3. The third kappa shape index (κ3) is 1.30. The van der Waals surface area contributed by atoms with Crippen LogP contribution in [0.1, 0.15) is 26.2 Å². The molecule has 1 saturated heterocycles. The first-order valence-corrected chi connectivity index (χ1v) is 5.12. The van der Waals surface area contributed by atoms with E-state index in [2.05, 4.69) is 22.8 Å². The third-order valence-corrected chi connectivity index (χ3v) is 2.86. The molecule has 0 aromatic carbocycles. The van der Waals surface area contributed by atoms with E-state index in [1.165, 1.54) is 51.3 Å². The maximum absolute atomic E-state index is 2.54. The fraction of sp³-hybridized carbons (Fsp3) is 0.800. The van der Waals surface area contributed by atoms with Gasteiger partial charge in [0.2, 0.25) is 0 Å². The first-order valence-electron chi connectivity index (χ1n) is 5.12. The highest BCUT2D eigenvalue weighted by molar-refractivity contribution is 5.07. The van der Waals surface area contributed by atoms with Gasteiger partial charge < -0.3 is 9.80 Å². The first kappa shape index (κ1) is 7.96. The van der Waals surface area contributed by atoms with Crippen LogP contribution in [0.3, 0.4) is 0 Å². The molecule has 0 radical (unpaired) electrons. The van der Waals surface area contributed by atoms with Crippen molar-refractivity contribution >= 4 is 0 Å². The first-order chi connectivity index (χ1) is 5.92. The van der Waals surface area contributed by atoms with E-state index in [1.54, 1.807) is 0 Å². The zero-order chi connectivity index (χ0) is 8.39. The van der Waals surface area contributed by atoms with Gasteiger partial charge in [-0.1, -0.05) is 0 Å². The lowest BCUT2D eigenvalue weighted by Gasteiger charge is -2.28. The highest BCUT2D eigenvalue weighted by Crippen LogP contribution is 2.22. The fourth-order valence-corrected chi connectivity index (χ4v) is 2.19. The standard InChI is InChI=1S/C10H18N2/c1-2-11-7-3-4-8-12-9-5-6-10(11)12/h6H,2-5,7-9H2,1H3. The zero-order valence-electron chi connectivity index (χ0n) is 7.92. The second-order valence-electron chi connectivity index (χ2n) is 3.62. The van der Waals surface area contributed by atoms with E-state index in [4.69, 9.17) is 0 Å². The lowest BCUT2D eigenvalue weighted by molar-refractivity contribution is 0.266. The van der Waals surface area contributed by atoms with Crippen molar-refractivity contribution < 1.29 is 0 Å². The van der Waals surface area contributed by atoms with Crippen molar-refractivity contribution in [3.63, 3.8) is 0 Å². The number of hydrogen-bond donors (Lipinski definition) is 0. The van der Waals surface area contributed by atoms with Crippen LogP contribution in [0.5, 0.6) is 0 Å². The molecule has 68 valence electrons. The summed E-state index contributed by atoms with van der Waals surface area (Å²) in [7, 11) is 0. The van der Waals surface area contributed by atoms with E-state index in [0.717, 1.165) is 0 Å². The molecule has 0 aromatic rings. The van der Waals surface area contributed by atoms with E-state index in [-0.39, 0.29) is 0 Å². The highest BCUT2D eigenvalue weighted by Gasteiger charge is 2.21. The summed E-state index contributed by atoms with van der Waals surface area (Å²) in [5.41, 5.74) is 0. The molecule has 2 aliphatic heterocycles. The van der Waals surface area contributed by atoms with Crippen LogP contribution in [0.2, 0.25) is 0 Å². The summed E-state index contributed by atoms with van der Waals surface area (Å²) in [4.78, 5) is 5.05. The molecule has 0 amide bonds. The number of nitrogens with zero attached hydrogens (tertiary/aromatic N) is 2. The van der Waals surface area contributed by atoms with Crippen LogP contribution in [0, 0.1) is 0 Å². The summed E-state index contributed by atoms with van der Waals surface area (Å²) >= 11 is 0. The summed E-state index contributed by atoms with van der Waals surface area (Å²) in [6, 6.07) is 0. The van der Waals surface area contributed by atoms with E-state index in [1.807, 2.05) is 0 Å². The summed E-state index contributed by atoms with van der Waals surface area (Å²) < 4.78 is 0. The number of hydrogen-bond acceptors (Lipinski definition) is 2. The Bertz CT molecular complexity index is 186. The van der Waals surface area contributed by atoms with E-state index < -0.39 is 0 Å². The molecule has 2 heteroatoms. The van der Waals surface area contributed by atoms with Crippen LogP contribution in [0.4, 0.5) is 0 Å². The van der Waals surface area contributed by atoms with Gasteiger partial charge >= 0.3 is 0 Å². The average molecular weight is 166 g/mol. The summed E-state index contributed by atoms with van der Waals surface area (Å²) in [5, 5.41) is 0. The molecule has 0 N–H and O–H groups in total. The van der Waals surface area contributed by atoms with Crippen LogP contribution in [0.15, 0.2) is 11.9 Å². The molecule has 2 aliphatic rings. The van der Waals surface area contributed by atoms with E-state index in [9.17, 15) is 0 Å². The van der Waals surface area contributed by atoms with Gasteiger partial charge in [-0.15, -0.1) is 0 Å². The predicted molar refractivity (Wildman–Crippen MR) is 50.8 cm³/mol. The Morgan fingerprint density at radius 1 is 1.25 bits per heavy atom. The van der Waals surface area contributed by atoms with Gasteiger partial charge in [-0.05, 0) is 32.3 Å². The topological polar surface area (TPSA) is 6.48 Å². The largest absolute Gasteiger partial charge is 0.359 e. The van der Waals surface area contributed by atoms with Gasteiger partial charge in [0.25, 0.3) is 0 Å². The minimum Gasteiger partial charge on any atom is -0.359 e. The van der Waals surface area contributed by atoms with Crippen molar-refractivity contribution in [2.24, 2.45) is 0 Å². The van der Waals surface area contributed by atoms with Crippen LogP contribution in [-0.2, 0) is 0 Å². The second-order valence-corrected chi connectivity index (χ2v) is 3.62. The molecule has 0 unspecified atom stereocenters. The van der Waals surface area contributed by atoms with Crippen molar-refractivity contribution in [1.82, 2.24) is 9.80 Å². The van der Waals surface area contributed by atoms with Crippen molar-refractivity contribution in [1.29, 1.82) is 0 Å². The van der Waals surface area contributed by atoms with Gasteiger partial charge in [0.05, 0.1) is 5.82 Å². The van der Waals surface area contributed by atoms with Gasteiger partial charge in [0, 0.05) is 26.2 Å². The average Bonchev–Trinajstić information content (AvgIpc) is 2.46. The molecule has 0 atom stereocenters. The molecule has 0 bridgehead atoms. The Labute approximate surface area is 74.8 Å². The minimum absolute atomic E-state index is 1.17. The van der Waals surface area contributed by atoms with Gasteiger partial charge in [-0.3, -0.25) is 0 Å². The Kier molecular flexibility index (Phi) is 2.24. The maximum atomic E-state index is 2.54. The molecule has 1 fully saturated rings. The van der Waals surface area contributed by atoms with Gasteiger partial charge in [0.1, 0.15) is 0 Å². The summed E-state index contributed by atoms with van der Waals surface area (Å²) in [5.74, 6) is 1.51. The molecule has 12 heavy (non-hydrogen) atoms. The smallest absolute Gasteiger partial charge is 0.0998 e.